The summed E-state index contributed by atoms with van der Waals surface area (Å²) in [5, 5.41) is 1.24. The summed E-state index contributed by atoms with van der Waals surface area (Å²) in [6.07, 6.45) is 4.94. The normalized spacial score (nSPS) is 12.1. The Morgan fingerprint density at radius 2 is 1.96 bits per heavy atom. The average molecular weight is 346 g/mol. The zero-order chi connectivity index (χ0) is 17.4. The number of methoxy groups -OCH3 is 1. The number of rotatable bonds is 8. The highest BCUT2D eigenvalue weighted by Gasteiger charge is 2.19. The van der Waals surface area contributed by atoms with Crippen molar-refractivity contribution >= 4 is 16.1 Å². The van der Waals surface area contributed by atoms with Gasteiger partial charge in [0.25, 0.3) is 0 Å². The molecule has 1 heterocycles. The van der Waals surface area contributed by atoms with Crippen LogP contribution in [0, 0.1) is 6.92 Å². The van der Waals surface area contributed by atoms with Crippen molar-refractivity contribution in [2.24, 2.45) is 0 Å². The summed E-state index contributed by atoms with van der Waals surface area (Å²) in [5.74, 6) is 0. The van der Waals surface area contributed by atoms with Gasteiger partial charge in [0.15, 0.2) is 0 Å². The van der Waals surface area contributed by atoms with E-state index < -0.39 is 10.0 Å². The first-order valence-corrected chi connectivity index (χ1v) is 9.14. The van der Waals surface area contributed by atoms with Crippen LogP contribution < -0.4 is 0 Å². The number of aromatic nitrogens is 1. The van der Waals surface area contributed by atoms with Gasteiger partial charge in [-0.2, -0.15) is 4.31 Å². The molecule has 0 fully saturated rings. The summed E-state index contributed by atoms with van der Waals surface area (Å²) < 4.78 is 31.7. The molecule has 0 radical (unpaired) electrons. The number of sulfonamides is 1. The summed E-state index contributed by atoms with van der Waals surface area (Å²) in [5.41, 5.74) is 2.81. The standard InChI is InChI=1S/C18H22N2O3S/c1-16-5-7-17(8-6-16)9-13-24(21,22)20(11-12-23-2)15-18-4-3-10-19-14-18/h3-10,13-14H,11-12,15H2,1-2H3/b13-9-. The Hall–Kier alpha value is -2.02. The zero-order valence-electron chi connectivity index (χ0n) is 13.9. The van der Waals surface area contributed by atoms with Gasteiger partial charge in [0.05, 0.1) is 6.61 Å². The van der Waals surface area contributed by atoms with Crippen LogP contribution in [0.4, 0.5) is 0 Å². The van der Waals surface area contributed by atoms with Gasteiger partial charge < -0.3 is 4.74 Å². The maximum Gasteiger partial charge on any atom is 0.236 e. The maximum atomic E-state index is 12.6. The van der Waals surface area contributed by atoms with Gasteiger partial charge in [0.1, 0.15) is 0 Å². The van der Waals surface area contributed by atoms with E-state index in [1.165, 1.54) is 9.71 Å². The van der Waals surface area contributed by atoms with E-state index in [2.05, 4.69) is 4.98 Å². The molecule has 0 saturated heterocycles. The number of benzene rings is 1. The second-order valence-electron chi connectivity index (χ2n) is 5.45. The molecule has 5 nitrogen and oxygen atoms in total. The Kier molecular flexibility index (Phi) is 6.66. The molecule has 0 bridgehead atoms. The average Bonchev–Trinajstić information content (AvgIpc) is 2.59. The third-order valence-corrected chi connectivity index (χ3v) is 5.01. The first-order valence-electron chi connectivity index (χ1n) is 7.64. The van der Waals surface area contributed by atoms with Crippen molar-refractivity contribution in [2.45, 2.75) is 13.5 Å². The lowest BCUT2D eigenvalue weighted by atomic mass is 10.2. The largest absolute Gasteiger partial charge is 0.383 e. The maximum absolute atomic E-state index is 12.6. The summed E-state index contributed by atoms with van der Waals surface area (Å²) in [6, 6.07) is 11.3. The molecule has 0 amide bonds. The molecule has 0 saturated carbocycles. The van der Waals surface area contributed by atoms with Gasteiger partial charge in [-0.1, -0.05) is 35.9 Å². The summed E-state index contributed by atoms with van der Waals surface area (Å²) in [7, 11) is -2.00. The second-order valence-corrected chi connectivity index (χ2v) is 7.26. The highest BCUT2D eigenvalue weighted by Crippen LogP contribution is 2.13. The molecule has 0 aliphatic heterocycles. The molecule has 0 aliphatic rings. The van der Waals surface area contributed by atoms with Gasteiger partial charge in [0, 0.05) is 38.0 Å². The number of hydrogen-bond acceptors (Lipinski definition) is 4. The lowest BCUT2D eigenvalue weighted by Gasteiger charge is -2.19. The van der Waals surface area contributed by atoms with Gasteiger partial charge in [0.2, 0.25) is 10.0 Å². The van der Waals surface area contributed by atoms with Crippen molar-refractivity contribution in [1.82, 2.24) is 9.29 Å². The minimum Gasteiger partial charge on any atom is -0.383 e. The predicted octanol–water partition coefficient (Wildman–Crippen LogP) is 2.84. The van der Waals surface area contributed by atoms with E-state index in [0.717, 1.165) is 16.7 Å². The third-order valence-electron chi connectivity index (χ3n) is 3.50. The van der Waals surface area contributed by atoms with E-state index in [1.54, 1.807) is 31.6 Å². The molecule has 6 heteroatoms. The van der Waals surface area contributed by atoms with Crippen LogP contribution in [0.5, 0.6) is 0 Å². The molecular formula is C18H22N2O3S. The van der Waals surface area contributed by atoms with Crippen LogP contribution in [0.2, 0.25) is 0 Å². The third kappa shape index (κ3) is 5.56. The lowest BCUT2D eigenvalue weighted by Crippen LogP contribution is -2.32. The van der Waals surface area contributed by atoms with Crippen LogP contribution in [0.3, 0.4) is 0 Å². The molecule has 0 spiro atoms. The second kappa shape index (κ2) is 8.73. The van der Waals surface area contributed by atoms with Gasteiger partial charge in [-0.15, -0.1) is 0 Å². The Bertz CT molecular complexity index is 757. The summed E-state index contributed by atoms with van der Waals surface area (Å²) >= 11 is 0. The van der Waals surface area contributed by atoms with Crippen molar-refractivity contribution in [3.05, 3.63) is 70.9 Å². The monoisotopic (exact) mass is 346 g/mol. The molecule has 0 unspecified atom stereocenters. The minimum absolute atomic E-state index is 0.262. The molecule has 128 valence electrons. The molecule has 24 heavy (non-hydrogen) atoms. The number of ether oxygens (including phenoxy) is 1. The van der Waals surface area contributed by atoms with E-state index in [-0.39, 0.29) is 13.1 Å². The molecule has 2 aromatic rings. The van der Waals surface area contributed by atoms with E-state index in [1.807, 2.05) is 37.3 Å². The van der Waals surface area contributed by atoms with Crippen LogP contribution in [0.1, 0.15) is 16.7 Å². The predicted molar refractivity (Wildman–Crippen MR) is 95.7 cm³/mol. The number of nitrogens with zero attached hydrogens (tertiary/aromatic N) is 2. The van der Waals surface area contributed by atoms with Crippen LogP contribution in [0.15, 0.2) is 54.2 Å². The lowest BCUT2D eigenvalue weighted by molar-refractivity contribution is 0.178. The van der Waals surface area contributed by atoms with Crippen LogP contribution in [-0.4, -0.2) is 38.0 Å². The van der Waals surface area contributed by atoms with E-state index in [0.29, 0.717) is 6.61 Å². The highest BCUT2D eigenvalue weighted by molar-refractivity contribution is 7.92. The SMILES string of the molecule is COCCN(Cc1cccnc1)S(=O)(=O)/C=C\c1ccc(C)cc1. The van der Waals surface area contributed by atoms with Crippen molar-refractivity contribution in [1.29, 1.82) is 0 Å². The van der Waals surface area contributed by atoms with E-state index in [9.17, 15) is 8.42 Å². The minimum atomic E-state index is -3.56. The summed E-state index contributed by atoms with van der Waals surface area (Å²) in [6.45, 7) is 2.87. The fourth-order valence-corrected chi connectivity index (χ4v) is 3.27. The van der Waals surface area contributed by atoms with Crippen molar-refractivity contribution in [3.8, 4) is 0 Å². The fraction of sp³-hybridized carbons (Fsp3) is 0.278. The molecular weight excluding hydrogens is 324 g/mol. The molecule has 1 aromatic carbocycles. The van der Waals surface area contributed by atoms with Gasteiger partial charge in [-0.05, 0) is 30.2 Å². The number of aryl methyl sites for hydroxylation is 1. The molecule has 0 aliphatic carbocycles. The van der Waals surface area contributed by atoms with Gasteiger partial charge in [-0.3, -0.25) is 4.98 Å². The van der Waals surface area contributed by atoms with Crippen molar-refractivity contribution < 1.29 is 13.2 Å². The smallest absolute Gasteiger partial charge is 0.236 e. The van der Waals surface area contributed by atoms with Crippen molar-refractivity contribution in [2.75, 3.05) is 20.3 Å². The summed E-state index contributed by atoms with van der Waals surface area (Å²) in [4.78, 5) is 4.03. The van der Waals surface area contributed by atoms with Gasteiger partial charge in [-0.25, -0.2) is 8.42 Å². The number of hydrogen-bond donors (Lipinski definition) is 0. The highest BCUT2D eigenvalue weighted by atomic mass is 32.2. The van der Waals surface area contributed by atoms with Crippen LogP contribution in [-0.2, 0) is 21.3 Å². The van der Waals surface area contributed by atoms with Gasteiger partial charge >= 0.3 is 0 Å². The molecule has 1 aromatic heterocycles. The fourth-order valence-electron chi connectivity index (χ4n) is 2.11. The van der Waals surface area contributed by atoms with Crippen LogP contribution in [0.25, 0.3) is 6.08 Å². The first-order chi connectivity index (χ1) is 11.5. The zero-order valence-corrected chi connectivity index (χ0v) is 14.7. The quantitative estimate of drug-likeness (QED) is 0.737. The molecule has 0 N–H and O–H groups in total. The Morgan fingerprint density at radius 1 is 1.21 bits per heavy atom. The van der Waals surface area contributed by atoms with E-state index >= 15 is 0 Å². The Labute approximate surface area is 143 Å². The van der Waals surface area contributed by atoms with Crippen molar-refractivity contribution in [3.63, 3.8) is 0 Å². The topological polar surface area (TPSA) is 59.5 Å². The van der Waals surface area contributed by atoms with E-state index in [4.69, 9.17) is 4.74 Å². The molecule has 2 rings (SSSR count). The molecule has 0 atom stereocenters. The first kappa shape index (κ1) is 18.3. The Balaban J connectivity index is 2.17. The Morgan fingerprint density at radius 3 is 2.58 bits per heavy atom. The number of pyridine rings is 1. The van der Waals surface area contributed by atoms with Crippen LogP contribution >= 0.6 is 0 Å².